The van der Waals surface area contributed by atoms with Gasteiger partial charge in [0.05, 0.1) is 22.2 Å². The molecule has 98 valence electrons. The van der Waals surface area contributed by atoms with Crippen LogP contribution in [0.25, 0.3) is 0 Å². The van der Waals surface area contributed by atoms with Gasteiger partial charge in [0.25, 0.3) is 0 Å². The van der Waals surface area contributed by atoms with Crippen LogP contribution >= 0.6 is 11.6 Å². The van der Waals surface area contributed by atoms with Gasteiger partial charge in [0.2, 0.25) is 0 Å². The fraction of sp³-hybridized carbons (Fsp3) is 0.125. The van der Waals surface area contributed by atoms with E-state index in [1.54, 1.807) is 18.2 Å². The number of nitrogens with one attached hydrogen (secondary N) is 1. The van der Waals surface area contributed by atoms with E-state index in [-0.39, 0.29) is 6.04 Å². The Bertz CT molecular complexity index is 710. The highest BCUT2D eigenvalue weighted by molar-refractivity contribution is 6.31. The molecule has 2 aromatic carbocycles. The Morgan fingerprint density at radius 2 is 1.90 bits per heavy atom. The summed E-state index contributed by atoms with van der Waals surface area (Å²) < 4.78 is 0. The molecule has 0 aromatic heterocycles. The normalized spacial score (nSPS) is 11.2. The fourth-order valence-corrected chi connectivity index (χ4v) is 2.07. The molecule has 1 atom stereocenters. The molecular formula is C16H12ClN3. The second-order valence-corrected chi connectivity index (χ2v) is 4.82. The van der Waals surface area contributed by atoms with Crippen molar-refractivity contribution in [3.8, 4) is 12.1 Å². The third-order valence-electron chi connectivity index (χ3n) is 2.99. The topological polar surface area (TPSA) is 59.6 Å². The van der Waals surface area contributed by atoms with Crippen molar-refractivity contribution in [1.82, 2.24) is 0 Å². The summed E-state index contributed by atoms with van der Waals surface area (Å²) in [7, 11) is 0. The van der Waals surface area contributed by atoms with E-state index >= 15 is 0 Å². The van der Waals surface area contributed by atoms with Gasteiger partial charge in [0.15, 0.2) is 0 Å². The number of halogens is 1. The average molecular weight is 282 g/mol. The SMILES string of the molecule is CC(Nc1ccc(Cl)c(C#N)c1)c1cccc(C#N)c1. The van der Waals surface area contributed by atoms with Gasteiger partial charge < -0.3 is 5.32 Å². The molecule has 2 rings (SSSR count). The van der Waals surface area contributed by atoms with Gasteiger partial charge in [-0.2, -0.15) is 10.5 Å². The molecule has 3 nitrogen and oxygen atoms in total. The summed E-state index contributed by atoms with van der Waals surface area (Å²) >= 11 is 5.90. The quantitative estimate of drug-likeness (QED) is 0.914. The van der Waals surface area contributed by atoms with Crippen molar-refractivity contribution in [3.63, 3.8) is 0 Å². The summed E-state index contributed by atoms with van der Waals surface area (Å²) in [5, 5.41) is 21.6. The van der Waals surface area contributed by atoms with Gasteiger partial charge in [-0.25, -0.2) is 0 Å². The highest BCUT2D eigenvalue weighted by Crippen LogP contribution is 2.24. The van der Waals surface area contributed by atoms with E-state index in [2.05, 4.69) is 17.5 Å². The molecule has 0 aliphatic heterocycles. The van der Waals surface area contributed by atoms with E-state index in [4.69, 9.17) is 22.1 Å². The average Bonchev–Trinajstić information content (AvgIpc) is 2.49. The lowest BCUT2D eigenvalue weighted by atomic mass is 10.1. The zero-order valence-corrected chi connectivity index (χ0v) is 11.6. The van der Waals surface area contributed by atoms with Crippen molar-refractivity contribution >= 4 is 17.3 Å². The molecule has 0 bridgehead atoms. The van der Waals surface area contributed by atoms with Gasteiger partial charge in [0, 0.05) is 11.7 Å². The maximum atomic E-state index is 8.96. The van der Waals surface area contributed by atoms with Crippen molar-refractivity contribution in [3.05, 3.63) is 64.2 Å². The molecule has 0 amide bonds. The summed E-state index contributed by atoms with van der Waals surface area (Å²) in [4.78, 5) is 0. The Hall–Kier alpha value is -2.49. The Kier molecular flexibility index (Phi) is 4.25. The predicted molar refractivity (Wildman–Crippen MR) is 79.4 cm³/mol. The Labute approximate surface area is 123 Å². The number of nitriles is 2. The zero-order valence-electron chi connectivity index (χ0n) is 10.9. The molecule has 1 unspecified atom stereocenters. The first kappa shape index (κ1) is 13.9. The number of hydrogen-bond donors (Lipinski definition) is 1. The number of anilines is 1. The minimum atomic E-state index is 0.0241. The summed E-state index contributed by atoms with van der Waals surface area (Å²) in [5.74, 6) is 0. The smallest absolute Gasteiger partial charge is 0.101 e. The number of rotatable bonds is 3. The van der Waals surface area contributed by atoms with Crippen LogP contribution in [0.15, 0.2) is 42.5 Å². The van der Waals surface area contributed by atoms with Crippen molar-refractivity contribution in [2.24, 2.45) is 0 Å². The molecule has 20 heavy (non-hydrogen) atoms. The van der Waals surface area contributed by atoms with E-state index in [9.17, 15) is 0 Å². The summed E-state index contributed by atoms with van der Waals surface area (Å²) in [6.07, 6.45) is 0. The first-order valence-electron chi connectivity index (χ1n) is 6.10. The predicted octanol–water partition coefficient (Wildman–Crippen LogP) is 4.26. The van der Waals surface area contributed by atoms with E-state index in [0.29, 0.717) is 16.1 Å². The fourth-order valence-electron chi connectivity index (χ4n) is 1.91. The maximum absolute atomic E-state index is 8.96. The molecule has 0 spiro atoms. The van der Waals surface area contributed by atoms with Crippen LogP contribution in [0.2, 0.25) is 5.02 Å². The summed E-state index contributed by atoms with van der Waals surface area (Å²) in [6.45, 7) is 2.00. The number of hydrogen-bond acceptors (Lipinski definition) is 3. The van der Waals surface area contributed by atoms with Gasteiger partial charge in [-0.1, -0.05) is 23.7 Å². The van der Waals surface area contributed by atoms with E-state index < -0.39 is 0 Å². The second kappa shape index (κ2) is 6.10. The molecule has 0 aliphatic rings. The van der Waals surface area contributed by atoms with Gasteiger partial charge in [-0.05, 0) is 42.8 Å². The van der Waals surface area contributed by atoms with Crippen LogP contribution in [-0.4, -0.2) is 0 Å². The van der Waals surface area contributed by atoms with Gasteiger partial charge in [0.1, 0.15) is 6.07 Å². The van der Waals surface area contributed by atoms with Crippen molar-refractivity contribution in [2.75, 3.05) is 5.32 Å². The minimum absolute atomic E-state index is 0.0241. The van der Waals surface area contributed by atoms with E-state index in [1.165, 1.54) is 0 Å². The van der Waals surface area contributed by atoms with E-state index in [1.807, 2.05) is 31.2 Å². The van der Waals surface area contributed by atoms with Crippen molar-refractivity contribution in [2.45, 2.75) is 13.0 Å². The van der Waals surface area contributed by atoms with Crippen molar-refractivity contribution < 1.29 is 0 Å². The molecule has 0 fully saturated rings. The number of benzene rings is 2. The lowest BCUT2D eigenvalue weighted by Gasteiger charge is -2.16. The minimum Gasteiger partial charge on any atom is -0.378 e. The summed E-state index contributed by atoms with van der Waals surface area (Å²) in [6, 6.07) is 16.9. The van der Waals surface area contributed by atoms with Gasteiger partial charge in [-0.3, -0.25) is 0 Å². The highest BCUT2D eigenvalue weighted by Gasteiger charge is 2.07. The highest BCUT2D eigenvalue weighted by atomic mass is 35.5. The van der Waals surface area contributed by atoms with Crippen molar-refractivity contribution in [1.29, 1.82) is 10.5 Å². The standard InChI is InChI=1S/C16H12ClN3/c1-11(13-4-2-3-12(7-13)9-18)20-15-5-6-16(17)14(8-15)10-19/h2-8,11,20H,1H3. The van der Waals surface area contributed by atoms with Crippen LogP contribution in [0.3, 0.4) is 0 Å². The molecule has 0 saturated carbocycles. The number of nitrogens with zero attached hydrogens (tertiary/aromatic N) is 2. The Morgan fingerprint density at radius 3 is 2.60 bits per heavy atom. The monoisotopic (exact) mass is 281 g/mol. The largest absolute Gasteiger partial charge is 0.378 e. The van der Waals surface area contributed by atoms with Crippen LogP contribution in [0, 0.1) is 22.7 Å². The third-order valence-corrected chi connectivity index (χ3v) is 3.32. The molecule has 4 heteroatoms. The van der Waals surface area contributed by atoms with Gasteiger partial charge in [-0.15, -0.1) is 0 Å². The van der Waals surface area contributed by atoms with Crippen LogP contribution < -0.4 is 5.32 Å². The van der Waals surface area contributed by atoms with Crippen LogP contribution in [0.5, 0.6) is 0 Å². The Morgan fingerprint density at radius 1 is 1.10 bits per heavy atom. The Balaban J connectivity index is 2.21. The third kappa shape index (κ3) is 3.09. The molecule has 0 aliphatic carbocycles. The summed E-state index contributed by atoms with van der Waals surface area (Å²) in [5.41, 5.74) is 2.90. The molecule has 0 heterocycles. The molecule has 0 radical (unpaired) electrons. The lowest BCUT2D eigenvalue weighted by Crippen LogP contribution is -2.06. The first-order chi connectivity index (χ1) is 9.63. The van der Waals surface area contributed by atoms with Crippen LogP contribution in [-0.2, 0) is 0 Å². The second-order valence-electron chi connectivity index (χ2n) is 4.41. The molecule has 0 saturated heterocycles. The van der Waals surface area contributed by atoms with Crippen LogP contribution in [0.4, 0.5) is 5.69 Å². The molecule has 1 N–H and O–H groups in total. The first-order valence-corrected chi connectivity index (χ1v) is 6.48. The molecule has 2 aromatic rings. The van der Waals surface area contributed by atoms with E-state index in [0.717, 1.165) is 11.3 Å². The lowest BCUT2D eigenvalue weighted by molar-refractivity contribution is 0.884. The van der Waals surface area contributed by atoms with Gasteiger partial charge >= 0.3 is 0 Å². The van der Waals surface area contributed by atoms with Crippen LogP contribution in [0.1, 0.15) is 29.7 Å². The maximum Gasteiger partial charge on any atom is 0.101 e. The molecular weight excluding hydrogens is 270 g/mol. The zero-order chi connectivity index (χ0) is 14.5.